The van der Waals surface area contributed by atoms with Crippen molar-refractivity contribution >= 4 is 17.4 Å². The number of aryl methyl sites for hydroxylation is 2. The van der Waals surface area contributed by atoms with Gasteiger partial charge in [0.15, 0.2) is 0 Å². The summed E-state index contributed by atoms with van der Waals surface area (Å²) in [4.78, 5) is 22.8. The Hall–Kier alpha value is -3.21. The van der Waals surface area contributed by atoms with Gasteiger partial charge >= 0.3 is 0 Å². The zero-order chi connectivity index (χ0) is 18.7. The summed E-state index contributed by atoms with van der Waals surface area (Å²) in [6.45, 7) is 3.96. The van der Waals surface area contributed by atoms with Crippen LogP contribution in [0, 0.1) is 13.8 Å². The maximum atomic E-state index is 12.4. The van der Waals surface area contributed by atoms with E-state index in [-0.39, 0.29) is 5.91 Å². The Bertz CT molecular complexity index is 933. The van der Waals surface area contributed by atoms with Gasteiger partial charge in [0.2, 0.25) is 0 Å². The lowest BCUT2D eigenvalue weighted by Crippen LogP contribution is -2.14. The number of pyridine rings is 2. The number of anilines is 2. The second-order valence-corrected chi connectivity index (χ2v) is 6.47. The molecule has 1 amide bonds. The van der Waals surface area contributed by atoms with Gasteiger partial charge in [-0.25, -0.2) is 4.98 Å². The normalized spacial score (nSPS) is 10.5. The van der Waals surface area contributed by atoms with E-state index in [2.05, 4.69) is 45.3 Å². The first-order valence-corrected chi connectivity index (χ1v) is 8.42. The zero-order valence-electron chi connectivity index (χ0n) is 15.4. The Morgan fingerprint density at radius 1 is 1.00 bits per heavy atom. The summed E-state index contributed by atoms with van der Waals surface area (Å²) >= 11 is 0. The van der Waals surface area contributed by atoms with Crippen molar-refractivity contribution in [3.8, 4) is 11.1 Å². The van der Waals surface area contributed by atoms with Gasteiger partial charge < -0.3 is 10.2 Å². The van der Waals surface area contributed by atoms with Gasteiger partial charge in [-0.3, -0.25) is 9.78 Å². The number of rotatable bonds is 4. The van der Waals surface area contributed by atoms with Crippen molar-refractivity contribution in [3.63, 3.8) is 0 Å². The topological polar surface area (TPSA) is 58.1 Å². The first-order chi connectivity index (χ1) is 12.5. The van der Waals surface area contributed by atoms with Gasteiger partial charge in [0.05, 0.1) is 5.56 Å². The summed E-state index contributed by atoms with van der Waals surface area (Å²) in [5, 5.41) is 2.82. The minimum absolute atomic E-state index is 0.207. The maximum absolute atomic E-state index is 12.4. The lowest BCUT2D eigenvalue weighted by Gasteiger charge is -2.15. The number of amides is 1. The first kappa shape index (κ1) is 17.6. The number of benzene rings is 1. The van der Waals surface area contributed by atoms with Crippen LogP contribution in [0.3, 0.4) is 0 Å². The Labute approximate surface area is 153 Å². The highest BCUT2D eigenvalue weighted by molar-refractivity contribution is 6.04. The molecule has 0 saturated heterocycles. The Morgan fingerprint density at radius 2 is 1.81 bits per heavy atom. The molecule has 5 heteroatoms. The molecule has 0 aliphatic rings. The van der Waals surface area contributed by atoms with Crippen LogP contribution in [0.1, 0.15) is 21.5 Å². The monoisotopic (exact) mass is 346 g/mol. The summed E-state index contributed by atoms with van der Waals surface area (Å²) in [7, 11) is 4.04. The van der Waals surface area contributed by atoms with Crippen molar-refractivity contribution in [2.45, 2.75) is 13.8 Å². The molecule has 0 spiro atoms. The lowest BCUT2D eigenvalue weighted by atomic mass is 10.0. The third-order valence-corrected chi connectivity index (χ3v) is 4.34. The Kier molecular flexibility index (Phi) is 4.98. The van der Waals surface area contributed by atoms with Crippen molar-refractivity contribution in [1.82, 2.24) is 9.97 Å². The van der Waals surface area contributed by atoms with Crippen LogP contribution in [0.5, 0.6) is 0 Å². The largest absolute Gasteiger partial charge is 0.378 e. The molecular formula is C21H22N4O. The number of aromatic nitrogens is 2. The quantitative estimate of drug-likeness (QED) is 0.773. The minimum atomic E-state index is -0.207. The van der Waals surface area contributed by atoms with Gasteiger partial charge in [-0.1, -0.05) is 6.07 Å². The molecule has 1 aromatic carbocycles. The molecule has 2 aromatic heterocycles. The predicted molar refractivity (Wildman–Crippen MR) is 106 cm³/mol. The number of nitrogens with one attached hydrogen (secondary N) is 1. The van der Waals surface area contributed by atoms with Crippen molar-refractivity contribution in [2.24, 2.45) is 0 Å². The highest BCUT2D eigenvalue weighted by Gasteiger charge is 2.11. The third-order valence-electron chi connectivity index (χ3n) is 4.34. The van der Waals surface area contributed by atoms with Crippen LogP contribution >= 0.6 is 0 Å². The highest BCUT2D eigenvalue weighted by atomic mass is 16.1. The van der Waals surface area contributed by atoms with Crippen LogP contribution in [-0.4, -0.2) is 30.0 Å². The molecule has 0 atom stereocenters. The molecule has 0 unspecified atom stereocenters. The standard InChI is InChI=1S/C21H22N4O/c1-14-5-7-17(25(3)4)11-18(14)16-6-8-20(23-12-16)24-21(26)19-13-22-10-9-15(19)2/h5-13H,1-4H3,(H,23,24,26). The first-order valence-electron chi connectivity index (χ1n) is 8.42. The lowest BCUT2D eigenvalue weighted by molar-refractivity contribution is 0.102. The van der Waals surface area contributed by atoms with E-state index in [9.17, 15) is 4.79 Å². The molecule has 0 bridgehead atoms. The maximum Gasteiger partial charge on any atom is 0.258 e. The van der Waals surface area contributed by atoms with Gasteiger partial charge in [-0.15, -0.1) is 0 Å². The molecule has 132 valence electrons. The fourth-order valence-electron chi connectivity index (χ4n) is 2.71. The van der Waals surface area contributed by atoms with Crippen LogP contribution in [0.4, 0.5) is 11.5 Å². The molecule has 0 radical (unpaired) electrons. The molecule has 3 rings (SSSR count). The Balaban J connectivity index is 1.82. The summed E-state index contributed by atoms with van der Waals surface area (Å²) in [5.41, 5.74) is 5.89. The number of hydrogen-bond donors (Lipinski definition) is 1. The average Bonchev–Trinajstić information content (AvgIpc) is 2.63. The molecule has 26 heavy (non-hydrogen) atoms. The minimum Gasteiger partial charge on any atom is -0.378 e. The van der Waals surface area contributed by atoms with Crippen molar-refractivity contribution < 1.29 is 4.79 Å². The van der Waals surface area contributed by atoms with Crippen molar-refractivity contribution in [1.29, 1.82) is 0 Å². The fourth-order valence-corrected chi connectivity index (χ4v) is 2.71. The summed E-state index contributed by atoms with van der Waals surface area (Å²) in [6.07, 6.45) is 5.02. The van der Waals surface area contributed by atoms with E-state index >= 15 is 0 Å². The second kappa shape index (κ2) is 7.35. The van der Waals surface area contributed by atoms with Gasteiger partial charge in [0, 0.05) is 43.9 Å². The number of carbonyl (C=O) groups is 1. The molecule has 0 fully saturated rings. The predicted octanol–water partition coefficient (Wildman–Crippen LogP) is 4.08. The van der Waals surface area contributed by atoms with Gasteiger partial charge in [0.25, 0.3) is 5.91 Å². The van der Waals surface area contributed by atoms with E-state index in [1.807, 2.05) is 39.2 Å². The fraction of sp³-hybridized carbons (Fsp3) is 0.190. The molecule has 0 aliphatic carbocycles. The van der Waals surface area contributed by atoms with Crippen LogP contribution < -0.4 is 10.2 Å². The van der Waals surface area contributed by atoms with Gasteiger partial charge in [-0.2, -0.15) is 0 Å². The van der Waals surface area contributed by atoms with E-state index < -0.39 is 0 Å². The highest BCUT2D eigenvalue weighted by Crippen LogP contribution is 2.27. The van der Waals surface area contributed by atoms with E-state index in [1.54, 1.807) is 18.6 Å². The smallest absolute Gasteiger partial charge is 0.258 e. The van der Waals surface area contributed by atoms with Crippen LogP contribution in [0.15, 0.2) is 55.0 Å². The van der Waals surface area contributed by atoms with Gasteiger partial charge in [0.1, 0.15) is 5.82 Å². The third kappa shape index (κ3) is 3.72. The number of carbonyl (C=O) groups excluding carboxylic acids is 1. The summed E-state index contributed by atoms with van der Waals surface area (Å²) in [5.74, 6) is 0.310. The molecule has 1 N–H and O–H groups in total. The zero-order valence-corrected chi connectivity index (χ0v) is 15.4. The molecular weight excluding hydrogens is 324 g/mol. The Morgan fingerprint density at radius 3 is 2.46 bits per heavy atom. The molecule has 0 aliphatic heterocycles. The molecule has 2 heterocycles. The summed E-state index contributed by atoms with van der Waals surface area (Å²) < 4.78 is 0. The number of hydrogen-bond acceptors (Lipinski definition) is 4. The SMILES string of the molecule is Cc1ccncc1C(=O)Nc1ccc(-c2cc(N(C)C)ccc2C)cn1. The van der Waals surface area contributed by atoms with Crippen molar-refractivity contribution in [2.75, 3.05) is 24.3 Å². The number of nitrogens with zero attached hydrogens (tertiary/aromatic N) is 3. The molecule has 3 aromatic rings. The van der Waals surface area contributed by atoms with Gasteiger partial charge in [-0.05, 0) is 60.9 Å². The summed E-state index contributed by atoms with van der Waals surface area (Å²) in [6, 6.07) is 11.9. The van der Waals surface area contributed by atoms with E-state index in [1.165, 1.54) is 5.56 Å². The average molecular weight is 346 g/mol. The second-order valence-electron chi connectivity index (χ2n) is 6.47. The molecule has 0 saturated carbocycles. The van der Waals surface area contributed by atoms with Crippen LogP contribution in [0.25, 0.3) is 11.1 Å². The van der Waals surface area contributed by atoms with E-state index in [0.29, 0.717) is 11.4 Å². The van der Waals surface area contributed by atoms with Crippen molar-refractivity contribution in [3.05, 3.63) is 71.7 Å². The van der Waals surface area contributed by atoms with E-state index in [0.717, 1.165) is 22.4 Å². The molecule has 5 nitrogen and oxygen atoms in total. The van der Waals surface area contributed by atoms with Crippen LogP contribution in [-0.2, 0) is 0 Å². The van der Waals surface area contributed by atoms with Crippen LogP contribution in [0.2, 0.25) is 0 Å². The van der Waals surface area contributed by atoms with E-state index in [4.69, 9.17) is 0 Å².